The zero-order valence-corrected chi connectivity index (χ0v) is 14.2. The quantitative estimate of drug-likeness (QED) is 0.881. The number of aryl methyl sites for hydroxylation is 1. The van der Waals surface area contributed by atoms with Crippen molar-refractivity contribution in [2.45, 2.75) is 13.1 Å². The molecule has 1 saturated heterocycles. The molecule has 1 aliphatic heterocycles. The van der Waals surface area contributed by atoms with E-state index in [4.69, 9.17) is 16.3 Å². The van der Waals surface area contributed by atoms with Gasteiger partial charge in [-0.1, -0.05) is 11.6 Å². The third-order valence-electron chi connectivity index (χ3n) is 3.72. The number of benzene rings is 1. The fraction of sp³-hybridized carbons (Fsp3) is 0.375. The van der Waals surface area contributed by atoms with Crippen molar-refractivity contribution in [1.82, 2.24) is 9.97 Å². The molecule has 0 aliphatic carbocycles. The average molecular weight is 373 g/mol. The molecule has 9 heteroatoms. The molecule has 2 heterocycles. The number of nitrogens with zero attached hydrogens (tertiary/aromatic N) is 3. The number of rotatable bonds is 3. The predicted molar refractivity (Wildman–Crippen MR) is 89.5 cm³/mol. The van der Waals surface area contributed by atoms with E-state index < -0.39 is 11.7 Å². The van der Waals surface area contributed by atoms with Gasteiger partial charge < -0.3 is 15.0 Å². The van der Waals surface area contributed by atoms with Crippen molar-refractivity contribution in [3.8, 4) is 0 Å². The summed E-state index contributed by atoms with van der Waals surface area (Å²) >= 11 is 6.02. The highest BCUT2D eigenvalue weighted by Gasteiger charge is 2.31. The van der Waals surface area contributed by atoms with Gasteiger partial charge in [0, 0.05) is 19.2 Å². The number of halogens is 4. The maximum absolute atomic E-state index is 12.9. The van der Waals surface area contributed by atoms with E-state index in [9.17, 15) is 13.2 Å². The van der Waals surface area contributed by atoms with Gasteiger partial charge in [-0.25, -0.2) is 9.97 Å². The van der Waals surface area contributed by atoms with E-state index in [2.05, 4.69) is 15.3 Å². The van der Waals surface area contributed by atoms with Crippen LogP contribution in [0.5, 0.6) is 0 Å². The molecule has 1 fully saturated rings. The molecular formula is C16H16ClF3N4O. The molecule has 0 saturated carbocycles. The topological polar surface area (TPSA) is 50.3 Å². The summed E-state index contributed by atoms with van der Waals surface area (Å²) in [6.07, 6.45) is -4.44. The van der Waals surface area contributed by atoms with E-state index in [-0.39, 0.29) is 10.7 Å². The largest absolute Gasteiger partial charge is 0.416 e. The van der Waals surface area contributed by atoms with Crippen molar-refractivity contribution >= 4 is 28.9 Å². The van der Waals surface area contributed by atoms with Crippen LogP contribution < -0.4 is 10.2 Å². The molecule has 0 unspecified atom stereocenters. The van der Waals surface area contributed by atoms with Gasteiger partial charge >= 0.3 is 6.18 Å². The lowest BCUT2D eigenvalue weighted by Gasteiger charge is -2.28. The van der Waals surface area contributed by atoms with Crippen LogP contribution in [0.1, 0.15) is 11.4 Å². The van der Waals surface area contributed by atoms with Crippen LogP contribution in [0.25, 0.3) is 0 Å². The van der Waals surface area contributed by atoms with E-state index in [1.165, 1.54) is 6.07 Å². The van der Waals surface area contributed by atoms with E-state index in [1.807, 2.05) is 4.90 Å². The van der Waals surface area contributed by atoms with Crippen LogP contribution in [-0.4, -0.2) is 36.3 Å². The summed E-state index contributed by atoms with van der Waals surface area (Å²) in [5.41, 5.74) is -0.638. The maximum atomic E-state index is 12.9. The summed E-state index contributed by atoms with van der Waals surface area (Å²) in [5, 5.41) is 3.04. The Kier molecular flexibility index (Phi) is 5.01. The fourth-order valence-electron chi connectivity index (χ4n) is 2.51. The summed E-state index contributed by atoms with van der Waals surface area (Å²) in [5.74, 6) is 1.59. The van der Waals surface area contributed by atoms with Crippen molar-refractivity contribution in [1.29, 1.82) is 0 Å². The number of anilines is 3. The first-order valence-electron chi connectivity index (χ1n) is 7.65. The van der Waals surface area contributed by atoms with Crippen molar-refractivity contribution in [2.24, 2.45) is 0 Å². The highest BCUT2D eigenvalue weighted by Crippen LogP contribution is 2.35. The van der Waals surface area contributed by atoms with Crippen LogP contribution in [0.15, 0.2) is 24.3 Å². The minimum Gasteiger partial charge on any atom is -0.378 e. The van der Waals surface area contributed by atoms with Crippen LogP contribution in [-0.2, 0) is 10.9 Å². The Balaban J connectivity index is 1.89. The Bertz CT molecular complexity index is 764. The summed E-state index contributed by atoms with van der Waals surface area (Å²) in [6.45, 7) is 4.32. The van der Waals surface area contributed by atoms with Gasteiger partial charge in [0.25, 0.3) is 0 Å². The first-order chi connectivity index (χ1) is 11.8. The number of alkyl halides is 3. The summed E-state index contributed by atoms with van der Waals surface area (Å²) in [4.78, 5) is 10.7. The van der Waals surface area contributed by atoms with Crippen molar-refractivity contribution < 1.29 is 17.9 Å². The third kappa shape index (κ3) is 4.32. The van der Waals surface area contributed by atoms with E-state index in [0.717, 1.165) is 12.1 Å². The SMILES string of the molecule is Cc1nc(Nc2cc(C(F)(F)F)ccc2Cl)cc(N2CCOCC2)n1. The highest BCUT2D eigenvalue weighted by molar-refractivity contribution is 6.33. The average Bonchev–Trinajstić information content (AvgIpc) is 2.56. The van der Waals surface area contributed by atoms with E-state index >= 15 is 0 Å². The summed E-state index contributed by atoms with van der Waals surface area (Å²) < 4.78 is 44.0. The van der Waals surface area contributed by atoms with Gasteiger partial charge in [-0.05, 0) is 25.1 Å². The second-order valence-electron chi connectivity index (χ2n) is 5.58. The molecule has 0 atom stereocenters. The number of hydrogen-bond acceptors (Lipinski definition) is 5. The lowest BCUT2D eigenvalue weighted by Crippen LogP contribution is -2.36. The molecule has 1 aromatic carbocycles. The monoisotopic (exact) mass is 372 g/mol. The Morgan fingerprint density at radius 1 is 1.16 bits per heavy atom. The lowest BCUT2D eigenvalue weighted by molar-refractivity contribution is -0.137. The molecule has 5 nitrogen and oxygen atoms in total. The van der Waals surface area contributed by atoms with Crippen LogP contribution in [0.3, 0.4) is 0 Å². The number of morpholine rings is 1. The molecule has 25 heavy (non-hydrogen) atoms. The summed E-state index contributed by atoms with van der Waals surface area (Å²) in [6, 6.07) is 4.81. The van der Waals surface area contributed by atoms with Crippen LogP contribution in [0.4, 0.5) is 30.5 Å². The lowest BCUT2D eigenvalue weighted by atomic mass is 10.2. The standard InChI is InChI=1S/C16H16ClF3N4O/c1-10-21-14(9-15(22-10)24-4-6-25-7-5-24)23-13-8-11(16(18,19)20)2-3-12(13)17/h2-3,8-9H,4-7H2,1H3,(H,21,22,23). The Labute approximate surface area is 147 Å². The number of aromatic nitrogens is 2. The number of hydrogen-bond donors (Lipinski definition) is 1. The molecule has 2 aromatic rings. The first kappa shape index (κ1) is 17.8. The fourth-order valence-corrected chi connectivity index (χ4v) is 2.67. The molecule has 134 valence electrons. The number of ether oxygens (including phenoxy) is 1. The van der Waals surface area contributed by atoms with Gasteiger partial charge in [0.1, 0.15) is 17.5 Å². The van der Waals surface area contributed by atoms with Crippen LogP contribution in [0, 0.1) is 6.92 Å². The van der Waals surface area contributed by atoms with Crippen LogP contribution in [0.2, 0.25) is 5.02 Å². The smallest absolute Gasteiger partial charge is 0.378 e. The van der Waals surface area contributed by atoms with Gasteiger partial charge in [0.05, 0.1) is 29.5 Å². The predicted octanol–water partition coefficient (Wildman–Crippen LogP) is 4.04. The first-order valence-corrected chi connectivity index (χ1v) is 8.03. The van der Waals surface area contributed by atoms with Crippen molar-refractivity contribution in [3.63, 3.8) is 0 Å². The second-order valence-corrected chi connectivity index (χ2v) is 5.98. The Hall–Kier alpha value is -2.06. The van der Waals surface area contributed by atoms with E-state index in [0.29, 0.717) is 43.8 Å². The molecule has 0 spiro atoms. The molecule has 1 aromatic heterocycles. The molecule has 3 rings (SSSR count). The zero-order valence-electron chi connectivity index (χ0n) is 13.4. The Morgan fingerprint density at radius 3 is 2.56 bits per heavy atom. The Morgan fingerprint density at radius 2 is 1.88 bits per heavy atom. The molecule has 0 amide bonds. The molecule has 1 aliphatic rings. The minimum absolute atomic E-state index is 0.141. The van der Waals surface area contributed by atoms with Gasteiger partial charge in [-0.15, -0.1) is 0 Å². The maximum Gasteiger partial charge on any atom is 0.416 e. The molecular weight excluding hydrogens is 357 g/mol. The van der Waals surface area contributed by atoms with Crippen molar-refractivity contribution in [3.05, 3.63) is 40.7 Å². The normalized spacial score (nSPS) is 15.3. The minimum atomic E-state index is -4.44. The second kappa shape index (κ2) is 7.05. The zero-order chi connectivity index (χ0) is 18.0. The van der Waals surface area contributed by atoms with Gasteiger partial charge in [-0.2, -0.15) is 13.2 Å². The number of nitrogens with one attached hydrogen (secondary N) is 1. The summed E-state index contributed by atoms with van der Waals surface area (Å²) in [7, 11) is 0. The van der Waals surface area contributed by atoms with Crippen LogP contribution >= 0.6 is 11.6 Å². The van der Waals surface area contributed by atoms with Crippen molar-refractivity contribution in [2.75, 3.05) is 36.5 Å². The van der Waals surface area contributed by atoms with Gasteiger partial charge in [-0.3, -0.25) is 0 Å². The van der Waals surface area contributed by atoms with Gasteiger partial charge in [0.15, 0.2) is 0 Å². The molecule has 0 radical (unpaired) electrons. The molecule has 1 N–H and O–H groups in total. The van der Waals surface area contributed by atoms with E-state index in [1.54, 1.807) is 13.0 Å². The molecule has 0 bridgehead atoms. The third-order valence-corrected chi connectivity index (χ3v) is 4.05. The van der Waals surface area contributed by atoms with Gasteiger partial charge in [0.2, 0.25) is 0 Å². The highest BCUT2D eigenvalue weighted by atomic mass is 35.5.